The molecule has 0 amide bonds. The average molecular weight is 507 g/mol. The first-order valence-corrected chi connectivity index (χ1v) is 13.6. The molecule has 0 saturated heterocycles. The normalized spacial score (nSPS) is 11.1. The number of hydrogen-bond acceptors (Lipinski definition) is 4. The number of ether oxygens (including phenoxy) is 1. The van der Waals surface area contributed by atoms with Crippen LogP contribution in [0.15, 0.2) is 91.1 Å². The highest BCUT2D eigenvalue weighted by Crippen LogP contribution is 2.28. The van der Waals surface area contributed by atoms with Crippen LogP contribution in [-0.4, -0.2) is 17.3 Å². The zero-order chi connectivity index (χ0) is 26.9. The summed E-state index contributed by atoms with van der Waals surface area (Å²) in [5, 5.41) is 0. The minimum Gasteiger partial charge on any atom is -0.487 e. The van der Waals surface area contributed by atoms with Gasteiger partial charge >= 0.3 is 0 Å². The molecule has 0 aliphatic rings. The van der Waals surface area contributed by atoms with E-state index in [1.54, 1.807) is 18.3 Å². The molecule has 3 aromatic carbocycles. The molecule has 0 N–H and O–H groups in total. The molecule has 0 aliphatic heterocycles. The first kappa shape index (κ1) is 27.1. The molecule has 196 valence electrons. The van der Waals surface area contributed by atoms with Crippen LogP contribution in [0.1, 0.15) is 73.6 Å². The lowest BCUT2D eigenvalue weighted by atomic mass is 9.94. The molecule has 0 saturated carbocycles. The third kappa shape index (κ3) is 6.69. The number of aromatic nitrogens is 1. The fourth-order valence-electron chi connectivity index (χ4n) is 4.88. The lowest BCUT2D eigenvalue weighted by Crippen LogP contribution is -2.30. The van der Waals surface area contributed by atoms with Gasteiger partial charge in [-0.2, -0.15) is 0 Å². The Morgan fingerprint density at radius 1 is 0.842 bits per heavy atom. The maximum Gasteiger partial charge on any atom is 0.172 e. The van der Waals surface area contributed by atoms with Gasteiger partial charge in [0.2, 0.25) is 0 Å². The first-order valence-electron chi connectivity index (χ1n) is 13.6. The number of rotatable bonds is 12. The summed E-state index contributed by atoms with van der Waals surface area (Å²) < 4.78 is 5.82. The van der Waals surface area contributed by atoms with E-state index in [1.165, 1.54) is 35.2 Å². The third-order valence-electron chi connectivity index (χ3n) is 7.18. The zero-order valence-corrected chi connectivity index (χ0v) is 22.9. The Balaban J connectivity index is 1.45. The molecule has 0 spiro atoms. The van der Waals surface area contributed by atoms with Crippen LogP contribution in [-0.2, 0) is 13.2 Å². The van der Waals surface area contributed by atoms with Crippen molar-refractivity contribution in [3.63, 3.8) is 0 Å². The SMILES string of the molecule is CCC(CC)c1ccc(N(Cc2cccc(-c3ccc(COc4cccnc4C=O)cc3)c2)C(C)C)cc1. The fraction of sp³-hybridized carbons (Fsp3) is 0.294. The molecule has 0 unspecified atom stereocenters. The lowest BCUT2D eigenvalue weighted by molar-refractivity contribution is 0.111. The van der Waals surface area contributed by atoms with Gasteiger partial charge in [-0.3, -0.25) is 4.79 Å². The molecule has 0 bridgehead atoms. The van der Waals surface area contributed by atoms with Crippen molar-refractivity contribution in [2.45, 2.75) is 65.6 Å². The number of benzene rings is 3. The summed E-state index contributed by atoms with van der Waals surface area (Å²) in [6.45, 7) is 10.3. The summed E-state index contributed by atoms with van der Waals surface area (Å²) in [5.41, 5.74) is 7.69. The Bertz CT molecular complexity index is 1310. The van der Waals surface area contributed by atoms with Crippen molar-refractivity contribution in [3.05, 3.63) is 114 Å². The molecular formula is C34H38N2O2. The van der Waals surface area contributed by atoms with Gasteiger partial charge in [0, 0.05) is 24.5 Å². The van der Waals surface area contributed by atoms with Crippen LogP contribution >= 0.6 is 0 Å². The van der Waals surface area contributed by atoms with Crippen molar-refractivity contribution in [1.82, 2.24) is 4.98 Å². The number of pyridine rings is 1. The van der Waals surface area contributed by atoms with Crippen LogP contribution in [0.25, 0.3) is 11.1 Å². The second-order valence-electron chi connectivity index (χ2n) is 10.0. The summed E-state index contributed by atoms with van der Waals surface area (Å²) >= 11 is 0. The molecule has 4 heteroatoms. The van der Waals surface area contributed by atoms with Crippen molar-refractivity contribution < 1.29 is 9.53 Å². The van der Waals surface area contributed by atoms with Gasteiger partial charge in [0.15, 0.2) is 6.29 Å². The van der Waals surface area contributed by atoms with Crippen molar-refractivity contribution in [2.75, 3.05) is 4.90 Å². The van der Waals surface area contributed by atoms with E-state index in [-0.39, 0.29) is 0 Å². The third-order valence-corrected chi connectivity index (χ3v) is 7.18. The van der Waals surface area contributed by atoms with Crippen LogP contribution < -0.4 is 9.64 Å². The minimum absolute atomic E-state index is 0.318. The van der Waals surface area contributed by atoms with Gasteiger partial charge in [0.05, 0.1) is 0 Å². The van der Waals surface area contributed by atoms with Gasteiger partial charge in [-0.05, 0) is 90.8 Å². The van der Waals surface area contributed by atoms with Crippen molar-refractivity contribution in [1.29, 1.82) is 0 Å². The Morgan fingerprint density at radius 3 is 2.24 bits per heavy atom. The van der Waals surface area contributed by atoms with Gasteiger partial charge in [-0.1, -0.05) is 68.4 Å². The highest BCUT2D eigenvalue weighted by molar-refractivity contribution is 5.76. The highest BCUT2D eigenvalue weighted by Gasteiger charge is 2.14. The standard InChI is InChI=1S/C34H38N2O2/c1-5-28(6-2)29-16-18-32(19-17-29)36(25(3)4)22-27-9-7-10-31(21-27)30-14-12-26(13-15-30)24-38-34-11-8-20-35-33(34)23-37/h7-21,23,25,28H,5-6,22,24H2,1-4H3. The number of aldehydes is 1. The molecule has 0 atom stereocenters. The molecule has 0 aliphatic carbocycles. The van der Waals surface area contributed by atoms with Gasteiger partial charge < -0.3 is 9.64 Å². The lowest BCUT2D eigenvalue weighted by Gasteiger charge is -2.30. The van der Waals surface area contributed by atoms with Gasteiger partial charge in [-0.15, -0.1) is 0 Å². The quantitative estimate of drug-likeness (QED) is 0.181. The first-order chi connectivity index (χ1) is 18.5. The van der Waals surface area contributed by atoms with Crippen LogP contribution in [0.4, 0.5) is 5.69 Å². The van der Waals surface area contributed by atoms with E-state index in [9.17, 15) is 4.79 Å². The molecule has 0 radical (unpaired) electrons. The summed E-state index contributed by atoms with van der Waals surface area (Å²) in [6.07, 6.45) is 4.66. The Morgan fingerprint density at radius 2 is 1.58 bits per heavy atom. The van der Waals surface area contributed by atoms with E-state index >= 15 is 0 Å². The molecular weight excluding hydrogens is 468 g/mol. The molecule has 4 nitrogen and oxygen atoms in total. The van der Waals surface area contributed by atoms with E-state index in [1.807, 2.05) is 0 Å². The number of anilines is 1. The topological polar surface area (TPSA) is 42.4 Å². The van der Waals surface area contributed by atoms with Gasteiger partial charge in [0.1, 0.15) is 18.1 Å². The van der Waals surface area contributed by atoms with Crippen LogP contribution in [0.2, 0.25) is 0 Å². The summed E-state index contributed by atoms with van der Waals surface area (Å²) in [5.74, 6) is 1.13. The monoisotopic (exact) mass is 506 g/mol. The zero-order valence-electron chi connectivity index (χ0n) is 22.9. The van der Waals surface area contributed by atoms with Crippen LogP contribution in [0.3, 0.4) is 0 Å². The summed E-state index contributed by atoms with van der Waals surface area (Å²) in [6, 6.07) is 30.3. The Kier molecular flexibility index (Phi) is 9.31. The largest absolute Gasteiger partial charge is 0.487 e. The van der Waals surface area contributed by atoms with Crippen LogP contribution in [0.5, 0.6) is 5.75 Å². The Hall–Kier alpha value is -3.92. The maximum absolute atomic E-state index is 11.2. The van der Waals surface area contributed by atoms with Gasteiger partial charge in [-0.25, -0.2) is 4.98 Å². The van der Waals surface area contributed by atoms with E-state index in [4.69, 9.17) is 4.74 Å². The van der Waals surface area contributed by atoms with E-state index in [2.05, 4.69) is 110 Å². The summed E-state index contributed by atoms with van der Waals surface area (Å²) in [7, 11) is 0. The van der Waals surface area contributed by atoms with Crippen molar-refractivity contribution in [3.8, 4) is 16.9 Å². The minimum atomic E-state index is 0.318. The summed E-state index contributed by atoms with van der Waals surface area (Å²) in [4.78, 5) is 17.7. The number of carbonyl (C=O) groups is 1. The number of hydrogen-bond donors (Lipinski definition) is 0. The Labute approximate surface area is 227 Å². The predicted octanol–water partition coefficient (Wildman–Crippen LogP) is 8.46. The molecule has 1 aromatic heterocycles. The fourth-order valence-corrected chi connectivity index (χ4v) is 4.88. The highest BCUT2D eigenvalue weighted by atomic mass is 16.5. The van der Waals surface area contributed by atoms with Gasteiger partial charge in [0.25, 0.3) is 0 Å². The second-order valence-corrected chi connectivity index (χ2v) is 10.0. The number of carbonyl (C=O) groups excluding carboxylic acids is 1. The van der Waals surface area contributed by atoms with Crippen molar-refractivity contribution >= 4 is 12.0 Å². The molecule has 1 heterocycles. The average Bonchev–Trinajstić information content (AvgIpc) is 2.96. The number of nitrogens with zero attached hydrogens (tertiary/aromatic N) is 2. The molecule has 38 heavy (non-hydrogen) atoms. The van der Waals surface area contributed by atoms with E-state index in [0.717, 1.165) is 24.0 Å². The maximum atomic E-state index is 11.2. The molecule has 4 aromatic rings. The van der Waals surface area contributed by atoms with Crippen LogP contribution in [0, 0.1) is 0 Å². The van der Waals surface area contributed by atoms with E-state index in [0.29, 0.717) is 30.0 Å². The predicted molar refractivity (Wildman–Crippen MR) is 157 cm³/mol. The molecule has 4 rings (SSSR count). The van der Waals surface area contributed by atoms with Crippen molar-refractivity contribution in [2.24, 2.45) is 0 Å². The second kappa shape index (κ2) is 13.0. The molecule has 0 fully saturated rings. The smallest absolute Gasteiger partial charge is 0.172 e. The van der Waals surface area contributed by atoms with E-state index < -0.39 is 0 Å².